The van der Waals surface area contributed by atoms with Crippen molar-refractivity contribution < 1.29 is 19.6 Å². The van der Waals surface area contributed by atoms with Crippen molar-refractivity contribution in [2.45, 2.75) is 6.42 Å². The molecule has 8 heteroatoms. The average Bonchev–Trinajstić information content (AvgIpc) is 3.11. The molecular formula is C11H9ClN2O5. The molecule has 0 radical (unpaired) electrons. The number of carbonyl (C=O) groups is 2. The predicted octanol–water partition coefficient (Wildman–Crippen LogP) is 1.91. The lowest BCUT2D eigenvalue weighted by Crippen LogP contribution is -2.17. The van der Waals surface area contributed by atoms with E-state index in [0.29, 0.717) is 6.42 Å². The van der Waals surface area contributed by atoms with Gasteiger partial charge in [-0.1, -0.05) is 11.6 Å². The molecule has 2 unspecified atom stereocenters. The quantitative estimate of drug-likeness (QED) is 0.648. The molecule has 1 aliphatic rings. The van der Waals surface area contributed by atoms with Crippen molar-refractivity contribution in [2.24, 2.45) is 11.8 Å². The Morgan fingerprint density at radius 2 is 2.11 bits per heavy atom. The lowest BCUT2D eigenvalue weighted by atomic mass is 10.2. The van der Waals surface area contributed by atoms with Crippen LogP contribution in [0.15, 0.2) is 18.2 Å². The van der Waals surface area contributed by atoms with E-state index in [4.69, 9.17) is 16.7 Å². The second-order valence-electron chi connectivity index (χ2n) is 4.20. The van der Waals surface area contributed by atoms with Gasteiger partial charge in [0, 0.05) is 12.1 Å². The SMILES string of the molecule is O=C(O)C1CC1C(=O)Nc1ccc([N+](=O)[O-])cc1Cl. The maximum Gasteiger partial charge on any atom is 0.307 e. The van der Waals surface area contributed by atoms with Crippen LogP contribution < -0.4 is 5.32 Å². The zero-order valence-electron chi connectivity index (χ0n) is 9.50. The summed E-state index contributed by atoms with van der Waals surface area (Å²) in [6.07, 6.45) is 0.297. The summed E-state index contributed by atoms with van der Waals surface area (Å²) < 4.78 is 0. The van der Waals surface area contributed by atoms with E-state index in [-0.39, 0.29) is 16.4 Å². The number of carboxylic acids is 1. The topological polar surface area (TPSA) is 110 Å². The molecule has 1 aromatic rings. The summed E-state index contributed by atoms with van der Waals surface area (Å²) in [5, 5.41) is 21.7. The third kappa shape index (κ3) is 2.82. The number of anilines is 1. The van der Waals surface area contributed by atoms with Gasteiger partial charge in [0.2, 0.25) is 5.91 Å². The minimum atomic E-state index is -1.00. The van der Waals surface area contributed by atoms with Gasteiger partial charge >= 0.3 is 5.97 Å². The molecule has 1 amide bonds. The molecule has 0 heterocycles. The minimum Gasteiger partial charge on any atom is -0.481 e. The standard InChI is InChI=1S/C11H9ClN2O5/c12-8-3-5(14(18)19)1-2-9(8)13-10(15)6-4-7(6)11(16)17/h1-3,6-7H,4H2,(H,13,15)(H,16,17). The number of nitro benzene ring substituents is 1. The van der Waals surface area contributed by atoms with Crippen molar-refractivity contribution in [2.75, 3.05) is 5.32 Å². The fourth-order valence-electron chi connectivity index (χ4n) is 1.70. The molecule has 0 aromatic heterocycles. The van der Waals surface area contributed by atoms with E-state index >= 15 is 0 Å². The first-order chi connectivity index (χ1) is 8.90. The summed E-state index contributed by atoms with van der Waals surface area (Å²) in [5.41, 5.74) is 0.0474. The molecule has 7 nitrogen and oxygen atoms in total. The molecule has 1 aliphatic carbocycles. The van der Waals surface area contributed by atoms with Crippen molar-refractivity contribution in [3.63, 3.8) is 0 Å². The Bertz CT molecular complexity index is 574. The lowest BCUT2D eigenvalue weighted by Gasteiger charge is -2.06. The summed E-state index contributed by atoms with van der Waals surface area (Å²) in [7, 11) is 0. The van der Waals surface area contributed by atoms with E-state index in [1.807, 2.05) is 0 Å². The van der Waals surface area contributed by atoms with Crippen molar-refractivity contribution in [3.8, 4) is 0 Å². The largest absolute Gasteiger partial charge is 0.481 e. The van der Waals surface area contributed by atoms with Crippen LogP contribution in [0.1, 0.15) is 6.42 Å². The van der Waals surface area contributed by atoms with Crippen LogP contribution in [0.5, 0.6) is 0 Å². The summed E-state index contributed by atoms with van der Waals surface area (Å²) in [4.78, 5) is 32.2. The highest BCUT2D eigenvalue weighted by atomic mass is 35.5. The van der Waals surface area contributed by atoms with Crippen molar-refractivity contribution >= 4 is 34.9 Å². The molecule has 0 aliphatic heterocycles. The second-order valence-corrected chi connectivity index (χ2v) is 4.60. The number of rotatable bonds is 4. The molecule has 0 spiro atoms. The van der Waals surface area contributed by atoms with Gasteiger partial charge in [0.25, 0.3) is 5.69 Å². The van der Waals surface area contributed by atoms with Gasteiger partial charge in [-0.2, -0.15) is 0 Å². The van der Waals surface area contributed by atoms with Crippen LogP contribution in [-0.4, -0.2) is 21.9 Å². The molecule has 19 heavy (non-hydrogen) atoms. The second kappa shape index (κ2) is 4.85. The average molecular weight is 285 g/mol. The molecule has 0 saturated heterocycles. The molecule has 2 N–H and O–H groups in total. The number of hydrogen-bond donors (Lipinski definition) is 2. The van der Waals surface area contributed by atoms with Crippen LogP contribution in [0.2, 0.25) is 5.02 Å². The van der Waals surface area contributed by atoms with Crippen LogP contribution in [-0.2, 0) is 9.59 Å². The van der Waals surface area contributed by atoms with E-state index in [2.05, 4.69) is 5.32 Å². The molecule has 2 rings (SSSR count). The Balaban J connectivity index is 2.06. The summed E-state index contributed by atoms with van der Waals surface area (Å²) in [6, 6.07) is 3.65. The fourth-order valence-corrected chi connectivity index (χ4v) is 1.92. The Labute approximate surface area is 112 Å². The van der Waals surface area contributed by atoms with E-state index in [9.17, 15) is 19.7 Å². The zero-order chi connectivity index (χ0) is 14.2. The summed E-state index contributed by atoms with van der Waals surface area (Å²) in [6.45, 7) is 0. The molecule has 1 saturated carbocycles. The van der Waals surface area contributed by atoms with E-state index in [0.717, 1.165) is 6.07 Å². The van der Waals surface area contributed by atoms with Gasteiger partial charge in [-0.05, 0) is 12.5 Å². The summed E-state index contributed by atoms with van der Waals surface area (Å²) in [5.74, 6) is -2.67. The number of carboxylic acid groups (broad SMARTS) is 1. The number of nitrogens with one attached hydrogen (secondary N) is 1. The third-order valence-corrected chi connectivity index (χ3v) is 3.18. The maximum atomic E-state index is 11.7. The third-order valence-electron chi connectivity index (χ3n) is 2.87. The fraction of sp³-hybridized carbons (Fsp3) is 0.273. The molecule has 0 bridgehead atoms. The number of nitrogens with zero attached hydrogens (tertiary/aromatic N) is 1. The molecule has 2 atom stereocenters. The normalized spacial score (nSPS) is 20.7. The van der Waals surface area contributed by atoms with Crippen molar-refractivity contribution in [1.82, 2.24) is 0 Å². The van der Waals surface area contributed by atoms with Crippen LogP contribution in [0.4, 0.5) is 11.4 Å². The van der Waals surface area contributed by atoms with E-state index in [1.165, 1.54) is 12.1 Å². The Kier molecular flexibility index (Phi) is 3.39. The van der Waals surface area contributed by atoms with Gasteiger partial charge in [-0.15, -0.1) is 0 Å². The number of hydrogen-bond acceptors (Lipinski definition) is 4. The van der Waals surface area contributed by atoms with Crippen molar-refractivity contribution in [1.29, 1.82) is 0 Å². The number of halogens is 1. The maximum absolute atomic E-state index is 11.7. The van der Waals surface area contributed by atoms with Crippen molar-refractivity contribution in [3.05, 3.63) is 33.3 Å². The number of amides is 1. The van der Waals surface area contributed by atoms with Gasteiger partial charge < -0.3 is 10.4 Å². The van der Waals surface area contributed by atoms with Crippen LogP contribution >= 0.6 is 11.6 Å². The van der Waals surface area contributed by atoms with E-state index < -0.39 is 28.6 Å². The zero-order valence-corrected chi connectivity index (χ0v) is 10.3. The number of benzene rings is 1. The number of nitro groups is 1. The molecule has 100 valence electrons. The first kappa shape index (κ1) is 13.3. The van der Waals surface area contributed by atoms with E-state index in [1.54, 1.807) is 0 Å². The highest BCUT2D eigenvalue weighted by Crippen LogP contribution is 2.40. The minimum absolute atomic E-state index is 0.0371. The Hall–Kier alpha value is -2.15. The van der Waals surface area contributed by atoms with Gasteiger partial charge in [-0.25, -0.2) is 0 Å². The first-order valence-electron chi connectivity index (χ1n) is 5.37. The first-order valence-corrected chi connectivity index (χ1v) is 5.75. The number of carbonyl (C=O) groups excluding carboxylic acids is 1. The lowest BCUT2D eigenvalue weighted by molar-refractivity contribution is -0.384. The predicted molar refractivity (Wildman–Crippen MR) is 66.0 cm³/mol. The van der Waals surface area contributed by atoms with Crippen LogP contribution in [0, 0.1) is 22.0 Å². The van der Waals surface area contributed by atoms with Gasteiger partial charge in [-0.3, -0.25) is 19.7 Å². The molecular weight excluding hydrogens is 276 g/mol. The highest BCUT2D eigenvalue weighted by molar-refractivity contribution is 6.34. The van der Waals surface area contributed by atoms with Gasteiger partial charge in [0.15, 0.2) is 0 Å². The van der Waals surface area contributed by atoms with Crippen LogP contribution in [0.3, 0.4) is 0 Å². The van der Waals surface area contributed by atoms with Gasteiger partial charge in [0.1, 0.15) is 0 Å². The van der Waals surface area contributed by atoms with Crippen LogP contribution in [0.25, 0.3) is 0 Å². The number of non-ortho nitro benzene ring substituents is 1. The number of aliphatic carboxylic acids is 1. The monoisotopic (exact) mass is 284 g/mol. The Morgan fingerprint density at radius 3 is 2.58 bits per heavy atom. The highest BCUT2D eigenvalue weighted by Gasteiger charge is 2.48. The Morgan fingerprint density at radius 1 is 1.42 bits per heavy atom. The molecule has 1 aromatic carbocycles. The molecule has 1 fully saturated rings. The summed E-state index contributed by atoms with van der Waals surface area (Å²) >= 11 is 5.81. The van der Waals surface area contributed by atoms with Gasteiger partial charge in [0.05, 0.1) is 27.5 Å². The smallest absolute Gasteiger partial charge is 0.307 e.